The van der Waals surface area contributed by atoms with Crippen LogP contribution in [0.3, 0.4) is 0 Å². The number of hydrogen-bond acceptors (Lipinski definition) is 3. The van der Waals surface area contributed by atoms with Crippen molar-refractivity contribution in [3.63, 3.8) is 0 Å². The fourth-order valence-electron chi connectivity index (χ4n) is 2.28. The van der Waals surface area contributed by atoms with E-state index in [-0.39, 0.29) is 12.2 Å². The lowest BCUT2D eigenvalue weighted by molar-refractivity contribution is 0.0696. The Morgan fingerprint density at radius 2 is 1.93 bits per heavy atom. The lowest BCUT2D eigenvalue weighted by atomic mass is 10.0. The monoisotopic (exact) mass is 387 g/mol. The van der Waals surface area contributed by atoms with Crippen LogP contribution >= 0.6 is 11.6 Å². The molecule has 0 atom stereocenters. The molecule has 0 fully saturated rings. The van der Waals surface area contributed by atoms with Crippen molar-refractivity contribution in [2.24, 2.45) is 0 Å². The highest BCUT2D eigenvalue weighted by molar-refractivity contribution is 6.30. The molecule has 27 heavy (non-hydrogen) atoms. The number of carboxylic acid groups (broad SMARTS) is 1. The third-order valence-corrected chi connectivity index (χ3v) is 4.18. The fraction of sp³-hybridized carbons (Fsp3) is 0.273. The summed E-state index contributed by atoms with van der Waals surface area (Å²) in [6.07, 6.45) is 6.53. The normalized spacial score (nSPS) is 10.7. The van der Waals surface area contributed by atoms with Gasteiger partial charge in [0.2, 0.25) is 0 Å². The molecule has 0 spiro atoms. The molecule has 0 saturated carbocycles. The molecule has 0 amide bonds. The maximum absolute atomic E-state index is 10.5. The summed E-state index contributed by atoms with van der Waals surface area (Å²) in [5.41, 5.74) is 4.03. The van der Waals surface area contributed by atoms with Gasteiger partial charge in [0.1, 0.15) is 0 Å². The number of aromatic nitrogens is 1. The lowest BCUT2D eigenvalue weighted by Crippen LogP contribution is -1.97. The van der Waals surface area contributed by atoms with Crippen LogP contribution in [0.2, 0.25) is 5.02 Å². The second kappa shape index (κ2) is 12.0. The van der Waals surface area contributed by atoms with E-state index in [9.17, 15) is 4.79 Å². The van der Waals surface area contributed by atoms with Gasteiger partial charge < -0.3 is 10.2 Å². The van der Waals surface area contributed by atoms with Gasteiger partial charge in [0.25, 0.3) is 0 Å². The predicted molar refractivity (Wildman–Crippen MR) is 111 cm³/mol. The van der Waals surface area contributed by atoms with E-state index in [1.165, 1.54) is 23.9 Å². The van der Waals surface area contributed by atoms with Crippen molar-refractivity contribution in [2.75, 3.05) is 6.61 Å². The number of aliphatic hydroxyl groups is 1. The Kier molecular flexibility index (Phi) is 10.1. The average molecular weight is 388 g/mol. The number of halogens is 1. The minimum absolute atomic E-state index is 0.178. The number of rotatable bonds is 7. The molecule has 0 radical (unpaired) electrons. The highest BCUT2D eigenvalue weighted by atomic mass is 35.5. The van der Waals surface area contributed by atoms with Crippen molar-refractivity contribution in [2.45, 2.75) is 33.1 Å². The maximum Gasteiger partial charge on any atom is 0.335 e. The summed E-state index contributed by atoms with van der Waals surface area (Å²) in [6.45, 7) is 7.60. The van der Waals surface area contributed by atoms with Crippen LogP contribution in [0.5, 0.6) is 0 Å². The first-order chi connectivity index (χ1) is 12.9. The molecule has 0 saturated heterocycles. The molecule has 144 valence electrons. The molecule has 0 unspecified atom stereocenters. The summed E-state index contributed by atoms with van der Waals surface area (Å²) in [7, 11) is 0. The molecule has 1 aromatic carbocycles. The molecule has 0 bridgehead atoms. The Hall–Kier alpha value is -2.43. The van der Waals surface area contributed by atoms with Gasteiger partial charge in [0.15, 0.2) is 0 Å². The number of benzene rings is 1. The van der Waals surface area contributed by atoms with Crippen molar-refractivity contribution in [3.8, 4) is 0 Å². The summed E-state index contributed by atoms with van der Waals surface area (Å²) in [5, 5.41) is 18.4. The Morgan fingerprint density at radius 3 is 2.44 bits per heavy atom. The summed E-state index contributed by atoms with van der Waals surface area (Å²) >= 11 is 5.80. The third-order valence-electron chi connectivity index (χ3n) is 3.93. The molecule has 2 aromatic rings. The van der Waals surface area contributed by atoms with Crippen LogP contribution in [0.1, 0.15) is 48.3 Å². The number of hydrogen-bond donors (Lipinski definition) is 2. The smallest absolute Gasteiger partial charge is 0.335 e. The molecule has 0 aliphatic heterocycles. The van der Waals surface area contributed by atoms with Crippen molar-refractivity contribution < 1.29 is 15.0 Å². The maximum atomic E-state index is 10.5. The van der Waals surface area contributed by atoms with Gasteiger partial charge in [0.05, 0.1) is 17.9 Å². The second-order valence-corrected chi connectivity index (χ2v) is 6.54. The summed E-state index contributed by atoms with van der Waals surface area (Å²) in [4.78, 5) is 14.5. The number of nitrogens with zero attached hydrogens (tertiary/aromatic N) is 1. The van der Waals surface area contributed by atoms with E-state index in [0.29, 0.717) is 5.69 Å². The Labute approximate surface area is 165 Å². The molecule has 1 heterocycles. The second-order valence-electron chi connectivity index (χ2n) is 6.10. The van der Waals surface area contributed by atoms with Gasteiger partial charge in [0, 0.05) is 11.2 Å². The minimum atomic E-state index is -0.945. The molecule has 2 rings (SSSR count). The quantitative estimate of drug-likeness (QED) is 0.623. The zero-order valence-corrected chi connectivity index (χ0v) is 16.5. The standard InChI is InChI=1S/C13H17ClO.C9H9NO2/c1-2-11(10-15)4-3-5-12-6-8-13(14)9-7-12;1-6(2)8-5-7(9(11)12)3-4-10-8/h2,6-9,15H,3-5,10H2,1H3;3-5H,1H2,2H3,(H,11,12)/b11-2+;. The number of allylic oxidation sites excluding steroid dienone is 2. The van der Waals surface area contributed by atoms with Gasteiger partial charge in [-0.3, -0.25) is 4.98 Å². The third kappa shape index (κ3) is 8.67. The predicted octanol–water partition coefficient (Wildman–Crippen LogP) is 5.41. The molecule has 2 N–H and O–H groups in total. The van der Waals surface area contributed by atoms with Gasteiger partial charge in [-0.1, -0.05) is 36.4 Å². The van der Waals surface area contributed by atoms with Gasteiger partial charge in [-0.25, -0.2) is 4.79 Å². The summed E-state index contributed by atoms with van der Waals surface area (Å²) in [5.74, 6) is -0.945. The van der Waals surface area contributed by atoms with Crippen LogP contribution in [-0.2, 0) is 6.42 Å². The van der Waals surface area contributed by atoms with Crippen LogP contribution in [-0.4, -0.2) is 27.8 Å². The largest absolute Gasteiger partial charge is 0.478 e. The first kappa shape index (κ1) is 22.6. The molecular formula is C22H26ClNO3. The fourth-order valence-corrected chi connectivity index (χ4v) is 2.41. The van der Waals surface area contributed by atoms with Crippen molar-refractivity contribution in [3.05, 3.63) is 82.7 Å². The number of carboxylic acids is 1. The van der Waals surface area contributed by atoms with E-state index in [2.05, 4.69) is 23.7 Å². The van der Waals surface area contributed by atoms with E-state index >= 15 is 0 Å². The molecule has 4 nitrogen and oxygen atoms in total. The van der Waals surface area contributed by atoms with Gasteiger partial charge >= 0.3 is 5.97 Å². The highest BCUT2D eigenvalue weighted by Crippen LogP contribution is 2.13. The van der Waals surface area contributed by atoms with Crippen molar-refractivity contribution in [1.82, 2.24) is 4.98 Å². The van der Waals surface area contributed by atoms with Crippen molar-refractivity contribution >= 4 is 23.1 Å². The van der Waals surface area contributed by atoms with E-state index in [0.717, 1.165) is 35.4 Å². The molecule has 5 heteroatoms. The van der Waals surface area contributed by atoms with E-state index in [1.54, 1.807) is 6.92 Å². The van der Waals surface area contributed by atoms with Gasteiger partial charge in [-0.2, -0.15) is 0 Å². The molecule has 0 aliphatic rings. The topological polar surface area (TPSA) is 70.4 Å². The average Bonchev–Trinajstić information content (AvgIpc) is 2.67. The summed E-state index contributed by atoms with van der Waals surface area (Å²) < 4.78 is 0. The molecule has 0 aliphatic carbocycles. The zero-order chi connectivity index (χ0) is 20.2. The summed E-state index contributed by atoms with van der Waals surface area (Å²) in [6, 6.07) is 10.9. The number of carbonyl (C=O) groups is 1. The zero-order valence-electron chi connectivity index (χ0n) is 15.8. The molecular weight excluding hydrogens is 362 g/mol. The highest BCUT2D eigenvalue weighted by Gasteiger charge is 2.03. The van der Waals surface area contributed by atoms with Gasteiger partial charge in [-0.15, -0.1) is 0 Å². The van der Waals surface area contributed by atoms with Crippen LogP contribution in [0.4, 0.5) is 0 Å². The van der Waals surface area contributed by atoms with E-state index < -0.39 is 5.97 Å². The van der Waals surface area contributed by atoms with Crippen LogP contribution in [0, 0.1) is 0 Å². The lowest BCUT2D eigenvalue weighted by Gasteiger charge is -2.03. The number of aliphatic hydroxyl groups excluding tert-OH is 1. The van der Waals surface area contributed by atoms with Gasteiger partial charge in [-0.05, 0) is 74.1 Å². The van der Waals surface area contributed by atoms with Crippen LogP contribution in [0.25, 0.3) is 5.57 Å². The van der Waals surface area contributed by atoms with Crippen LogP contribution in [0.15, 0.2) is 60.8 Å². The minimum Gasteiger partial charge on any atom is -0.478 e. The number of aromatic carboxylic acids is 1. The Morgan fingerprint density at radius 1 is 1.26 bits per heavy atom. The Bertz CT molecular complexity index is 753. The van der Waals surface area contributed by atoms with E-state index in [4.69, 9.17) is 21.8 Å². The van der Waals surface area contributed by atoms with Crippen LogP contribution < -0.4 is 0 Å². The number of pyridine rings is 1. The number of aryl methyl sites for hydroxylation is 1. The van der Waals surface area contributed by atoms with Crippen molar-refractivity contribution in [1.29, 1.82) is 0 Å². The Balaban J connectivity index is 0.000000277. The first-order valence-electron chi connectivity index (χ1n) is 8.72. The van der Waals surface area contributed by atoms with E-state index in [1.807, 2.05) is 25.1 Å². The SMILES string of the molecule is C/C=C(/CO)CCCc1ccc(Cl)cc1.C=C(C)c1cc(C(=O)O)ccn1. The first-order valence-corrected chi connectivity index (χ1v) is 9.09. The molecule has 1 aromatic heterocycles.